The average molecular weight is 333 g/mol. The van der Waals surface area contributed by atoms with Gasteiger partial charge in [0.25, 0.3) is 0 Å². The van der Waals surface area contributed by atoms with E-state index in [1.54, 1.807) is 12.1 Å². The number of aromatic nitrogens is 1. The molecule has 0 aliphatic carbocycles. The van der Waals surface area contributed by atoms with Crippen molar-refractivity contribution in [1.82, 2.24) is 9.88 Å². The van der Waals surface area contributed by atoms with Crippen molar-refractivity contribution >= 4 is 22.5 Å². The molecule has 5 heteroatoms. The first kappa shape index (κ1) is 16.0. The summed E-state index contributed by atoms with van der Waals surface area (Å²) < 4.78 is 16.0. The number of hydrogen-bond donors (Lipinski definition) is 2. The quantitative estimate of drug-likeness (QED) is 0.677. The number of aliphatic hydroxyl groups excluding tert-OH is 1. The fraction of sp³-hybridized carbons (Fsp3) is 0.222. The zero-order valence-electron chi connectivity index (χ0n) is 12.6. The Bertz CT molecular complexity index is 799. The van der Waals surface area contributed by atoms with Gasteiger partial charge in [0, 0.05) is 36.2 Å². The van der Waals surface area contributed by atoms with E-state index in [0.29, 0.717) is 24.7 Å². The predicted octanol–water partition coefficient (Wildman–Crippen LogP) is 3.56. The number of hydrogen-bond acceptors (Lipinski definition) is 2. The van der Waals surface area contributed by atoms with E-state index < -0.39 is 0 Å². The van der Waals surface area contributed by atoms with Gasteiger partial charge in [-0.3, -0.25) is 0 Å². The highest BCUT2D eigenvalue weighted by atomic mass is 35.5. The Morgan fingerprint density at radius 1 is 1.13 bits per heavy atom. The molecule has 3 nitrogen and oxygen atoms in total. The Morgan fingerprint density at radius 2 is 1.91 bits per heavy atom. The lowest BCUT2D eigenvalue weighted by atomic mass is 10.1. The van der Waals surface area contributed by atoms with E-state index in [1.165, 1.54) is 0 Å². The molecular weight excluding hydrogens is 315 g/mol. The monoisotopic (exact) mass is 332 g/mol. The van der Waals surface area contributed by atoms with Gasteiger partial charge < -0.3 is 15.0 Å². The Kier molecular flexibility index (Phi) is 4.96. The minimum atomic E-state index is -0.255. The molecule has 0 saturated carbocycles. The SMILES string of the molecule is OCCNCc1cc(F)cc2c1ccn2Cc1ccc(Cl)cc1. The summed E-state index contributed by atoms with van der Waals surface area (Å²) in [5, 5.41) is 13.7. The average Bonchev–Trinajstić information content (AvgIpc) is 2.93. The minimum Gasteiger partial charge on any atom is -0.395 e. The summed E-state index contributed by atoms with van der Waals surface area (Å²) in [6, 6.07) is 12.7. The Balaban J connectivity index is 1.91. The van der Waals surface area contributed by atoms with Crippen LogP contribution in [-0.4, -0.2) is 22.8 Å². The molecular formula is C18H18ClFN2O. The number of nitrogens with one attached hydrogen (secondary N) is 1. The second-order valence-electron chi connectivity index (χ2n) is 5.47. The van der Waals surface area contributed by atoms with Crippen molar-refractivity contribution in [3.05, 3.63) is 70.6 Å². The van der Waals surface area contributed by atoms with Gasteiger partial charge in [-0.05, 0) is 41.5 Å². The number of rotatable bonds is 6. The molecule has 0 bridgehead atoms. The van der Waals surface area contributed by atoms with Gasteiger partial charge in [-0.25, -0.2) is 4.39 Å². The fourth-order valence-corrected chi connectivity index (χ4v) is 2.83. The van der Waals surface area contributed by atoms with Crippen molar-refractivity contribution in [2.75, 3.05) is 13.2 Å². The number of benzene rings is 2. The Morgan fingerprint density at radius 3 is 2.65 bits per heavy atom. The Hall–Kier alpha value is -1.88. The predicted molar refractivity (Wildman–Crippen MR) is 91.2 cm³/mol. The second kappa shape index (κ2) is 7.13. The van der Waals surface area contributed by atoms with E-state index in [-0.39, 0.29) is 12.4 Å². The maximum absolute atomic E-state index is 13.9. The third kappa shape index (κ3) is 3.72. The van der Waals surface area contributed by atoms with Gasteiger partial charge in [-0.2, -0.15) is 0 Å². The first-order valence-electron chi connectivity index (χ1n) is 7.50. The van der Waals surface area contributed by atoms with Crippen LogP contribution < -0.4 is 5.32 Å². The van der Waals surface area contributed by atoms with Crippen LogP contribution in [0.15, 0.2) is 48.7 Å². The number of fused-ring (bicyclic) bond motifs is 1. The molecule has 23 heavy (non-hydrogen) atoms. The van der Waals surface area contributed by atoms with Gasteiger partial charge in [0.2, 0.25) is 0 Å². The van der Waals surface area contributed by atoms with E-state index >= 15 is 0 Å². The standard InChI is InChI=1S/C18H18ClFN2O/c19-15-3-1-13(2-4-15)12-22-7-5-17-14(11-21-6-8-23)9-16(20)10-18(17)22/h1-5,7,9-10,21,23H,6,8,11-12H2. The first-order chi connectivity index (χ1) is 11.2. The third-order valence-corrected chi connectivity index (χ3v) is 4.06. The van der Waals surface area contributed by atoms with Crippen molar-refractivity contribution < 1.29 is 9.50 Å². The van der Waals surface area contributed by atoms with Crippen LogP contribution in [0.4, 0.5) is 4.39 Å². The van der Waals surface area contributed by atoms with E-state index in [1.807, 2.05) is 41.1 Å². The number of halogens is 2. The number of aliphatic hydroxyl groups is 1. The third-order valence-electron chi connectivity index (χ3n) is 3.81. The van der Waals surface area contributed by atoms with Crippen LogP contribution in [-0.2, 0) is 13.1 Å². The van der Waals surface area contributed by atoms with Gasteiger partial charge in [0.1, 0.15) is 5.82 Å². The summed E-state index contributed by atoms with van der Waals surface area (Å²) in [5.74, 6) is -0.255. The Labute approximate surface area is 139 Å². The summed E-state index contributed by atoms with van der Waals surface area (Å²) in [4.78, 5) is 0. The molecule has 0 radical (unpaired) electrons. The molecule has 0 fully saturated rings. The zero-order chi connectivity index (χ0) is 16.2. The number of nitrogens with zero attached hydrogens (tertiary/aromatic N) is 1. The molecule has 0 aliphatic heterocycles. The van der Waals surface area contributed by atoms with Crippen LogP contribution in [0.5, 0.6) is 0 Å². The van der Waals surface area contributed by atoms with Gasteiger partial charge in [0.05, 0.1) is 12.1 Å². The molecule has 3 aromatic rings. The molecule has 0 spiro atoms. The van der Waals surface area contributed by atoms with Gasteiger partial charge in [0.15, 0.2) is 0 Å². The molecule has 120 valence electrons. The molecule has 1 aromatic heterocycles. The van der Waals surface area contributed by atoms with Crippen molar-refractivity contribution in [2.24, 2.45) is 0 Å². The summed E-state index contributed by atoms with van der Waals surface area (Å²) in [7, 11) is 0. The van der Waals surface area contributed by atoms with Crippen molar-refractivity contribution in [3.8, 4) is 0 Å². The summed E-state index contributed by atoms with van der Waals surface area (Å²) >= 11 is 5.91. The van der Waals surface area contributed by atoms with E-state index in [4.69, 9.17) is 16.7 Å². The van der Waals surface area contributed by atoms with Crippen molar-refractivity contribution in [2.45, 2.75) is 13.1 Å². The lowest BCUT2D eigenvalue weighted by Gasteiger charge is -2.09. The van der Waals surface area contributed by atoms with Crippen molar-refractivity contribution in [3.63, 3.8) is 0 Å². The lowest BCUT2D eigenvalue weighted by Crippen LogP contribution is -2.17. The minimum absolute atomic E-state index is 0.0655. The highest BCUT2D eigenvalue weighted by Gasteiger charge is 2.09. The molecule has 0 amide bonds. The molecule has 2 N–H and O–H groups in total. The van der Waals surface area contributed by atoms with E-state index in [2.05, 4.69) is 5.32 Å². The molecule has 1 heterocycles. The maximum Gasteiger partial charge on any atom is 0.125 e. The molecule has 0 unspecified atom stereocenters. The molecule has 0 saturated heterocycles. The zero-order valence-corrected chi connectivity index (χ0v) is 13.4. The smallest absolute Gasteiger partial charge is 0.125 e. The largest absolute Gasteiger partial charge is 0.395 e. The highest BCUT2D eigenvalue weighted by Crippen LogP contribution is 2.23. The van der Waals surface area contributed by atoms with Crippen LogP contribution in [0.25, 0.3) is 10.9 Å². The molecule has 3 rings (SSSR count). The van der Waals surface area contributed by atoms with Gasteiger partial charge in [-0.1, -0.05) is 23.7 Å². The van der Waals surface area contributed by atoms with Crippen LogP contribution in [0, 0.1) is 5.82 Å². The van der Waals surface area contributed by atoms with Crippen LogP contribution in [0.2, 0.25) is 5.02 Å². The normalized spacial score (nSPS) is 11.3. The summed E-state index contributed by atoms with van der Waals surface area (Å²) in [6.45, 7) is 1.74. The lowest BCUT2D eigenvalue weighted by molar-refractivity contribution is 0.292. The van der Waals surface area contributed by atoms with Crippen LogP contribution >= 0.6 is 11.6 Å². The highest BCUT2D eigenvalue weighted by molar-refractivity contribution is 6.30. The molecule has 0 aliphatic rings. The topological polar surface area (TPSA) is 37.2 Å². The van der Waals surface area contributed by atoms with Gasteiger partial charge >= 0.3 is 0 Å². The maximum atomic E-state index is 13.9. The first-order valence-corrected chi connectivity index (χ1v) is 7.88. The molecule has 0 atom stereocenters. The summed E-state index contributed by atoms with van der Waals surface area (Å²) in [6.07, 6.45) is 1.97. The second-order valence-corrected chi connectivity index (χ2v) is 5.90. The van der Waals surface area contributed by atoms with Crippen LogP contribution in [0.1, 0.15) is 11.1 Å². The summed E-state index contributed by atoms with van der Waals surface area (Å²) in [5.41, 5.74) is 2.86. The fourth-order valence-electron chi connectivity index (χ4n) is 2.71. The van der Waals surface area contributed by atoms with Gasteiger partial charge in [-0.15, -0.1) is 0 Å². The van der Waals surface area contributed by atoms with E-state index in [0.717, 1.165) is 22.0 Å². The van der Waals surface area contributed by atoms with E-state index in [9.17, 15) is 4.39 Å². The van der Waals surface area contributed by atoms with Crippen LogP contribution in [0.3, 0.4) is 0 Å². The molecule has 2 aromatic carbocycles. The van der Waals surface area contributed by atoms with Crippen molar-refractivity contribution in [1.29, 1.82) is 0 Å².